The van der Waals surface area contributed by atoms with Gasteiger partial charge in [0.2, 0.25) is 0 Å². The SMILES string of the molecule is CCC1CCCCN1c1ccc(NC(=O)c2ccc(Cl)c(Cl)c2)cn1. The minimum Gasteiger partial charge on any atom is -0.354 e. The first-order valence-corrected chi connectivity index (χ1v) is 9.33. The number of nitrogens with one attached hydrogen (secondary N) is 1. The molecule has 3 rings (SSSR count). The van der Waals surface area contributed by atoms with E-state index in [-0.39, 0.29) is 5.91 Å². The molecule has 1 aliphatic heterocycles. The third-order valence-corrected chi connectivity index (χ3v) is 5.32. The first-order valence-electron chi connectivity index (χ1n) is 8.57. The number of rotatable bonds is 4. The van der Waals surface area contributed by atoms with E-state index in [2.05, 4.69) is 22.1 Å². The second kappa shape index (κ2) is 8.07. The lowest BCUT2D eigenvalue weighted by Gasteiger charge is -2.36. The van der Waals surface area contributed by atoms with E-state index in [9.17, 15) is 4.79 Å². The summed E-state index contributed by atoms with van der Waals surface area (Å²) in [5, 5.41) is 3.63. The summed E-state index contributed by atoms with van der Waals surface area (Å²) in [7, 11) is 0. The molecule has 0 bridgehead atoms. The fourth-order valence-corrected chi connectivity index (χ4v) is 3.50. The van der Waals surface area contributed by atoms with Crippen molar-refractivity contribution in [1.29, 1.82) is 0 Å². The Morgan fingerprint density at radius 1 is 1.24 bits per heavy atom. The molecule has 1 aliphatic rings. The molecule has 1 saturated heterocycles. The van der Waals surface area contributed by atoms with Gasteiger partial charge in [0.1, 0.15) is 5.82 Å². The molecule has 2 heterocycles. The second-order valence-electron chi connectivity index (χ2n) is 6.24. The Bertz CT molecular complexity index is 749. The van der Waals surface area contributed by atoms with Gasteiger partial charge < -0.3 is 10.2 Å². The lowest BCUT2D eigenvalue weighted by molar-refractivity contribution is 0.102. The van der Waals surface area contributed by atoms with Gasteiger partial charge in [0.25, 0.3) is 5.91 Å². The molecule has 1 aromatic heterocycles. The molecule has 0 radical (unpaired) electrons. The Hall–Kier alpha value is -1.78. The van der Waals surface area contributed by atoms with Gasteiger partial charge in [-0.1, -0.05) is 30.1 Å². The van der Waals surface area contributed by atoms with Gasteiger partial charge in [-0.2, -0.15) is 0 Å². The molecule has 132 valence electrons. The van der Waals surface area contributed by atoms with E-state index < -0.39 is 0 Å². The molecule has 1 N–H and O–H groups in total. The van der Waals surface area contributed by atoms with Crippen LogP contribution in [0.5, 0.6) is 0 Å². The van der Waals surface area contributed by atoms with Crippen molar-refractivity contribution in [3.63, 3.8) is 0 Å². The van der Waals surface area contributed by atoms with Gasteiger partial charge in [-0.3, -0.25) is 4.79 Å². The lowest BCUT2D eigenvalue weighted by Crippen LogP contribution is -2.39. The molecular formula is C19H21Cl2N3O. The van der Waals surface area contributed by atoms with Crippen molar-refractivity contribution in [2.24, 2.45) is 0 Å². The topological polar surface area (TPSA) is 45.2 Å². The number of amides is 1. The number of nitrogens with zero attached hydrogens (tertiary/aromatic N) is 2. The standard InChI is InChI=1S/C19H21Cl2N3O/c1-2-15-5-3-4-10-24(15)18-9-7-14(12-22-18)23-19(25)13-6-8-16(20)17(21)11-13/h6-9,11-12,15H,2-5,10H2,1H3,(H,23,25). The van der Waals surface area contributed by atoms with Crippen molar-refractivity contribution in [1.82, 2.24) is 4.98 Å². The third-order valence-electron chi connectivity index (χ3n) is 4.58. The van der Waals surface area contributed by atoms with Crippen LogP contribution >= 0.6 is 23.2 Å². The maximum absolute atomic E-state index is 12.3. The monoisotopic (exact) mass is 377 g/mol. The summed E-state index contributed by atoms with van der Waals surface area (Å²) in [6.07, 6.45) is 6.53. The summed E-state index contributed by atoms with van der Waals surface area (Å²) in [6, 6.07) is 9.22. The van der Waals surface area contributed by atoms with E-state index in [1.807, 2.05) is 12.1 Å². The number of hydrogen-bond acceptors (Lipinski definition) is 3. The third kappa shape index (κ3) is 4.25. The smallest absolute Gasteiger partial charge is 0.255 e. The summed E-state index contributed by atoms with van der Waals surface area (Å²) in [6.45, 7) is 3.26. The van der Waals surface area contributed by atoms with Crippen molar-refractivity contribution >= 4 is 40.6 Å². The van der Waals surface area contributed by atoms with E-state index >= 15 is 0 Å². The van der Waals surface area contributed by atoms with Crippen LogP contribution < -0.4 is 10.2 Å². The van der Waals surface area contributed by atoms with Gasteiger partial charge in [0, 0.05) is 18.2 Å². The van der Waals surface area contributed by atoms with Crippen LogP contribution in [-0.4, -0.2) is 23.5 Å². The maximum atomic E-state index is 12.3. The van der Waals surface area contributed by atoms with Crippen molar-refractivity contribution in [2.75, 3.05) is 16.8 Å². The Morgan fingerprint density at radius 3 is 2.76 bits per heavy atom. The highest BCUT2D eigenvalue weighted by atomic mass is 35.5. The van der Waals surface area contributed by atoms with Crippen molar-refractivity contribution < 1.29 is 4.79 Å². The summed E-state index contributed by atoms with van der Waals surface area (Å²) in [4.78, 5) is 19.2. The zero-order valence-electron chi connectivity index (χ0n) is 14.1. The fourth-order valence-electron chi connectivity index (χ4n) is 3.20. The molecule has 2 aromatic rings. The fraction of sp³-hybridized carbons (Fsp3) is 0.368. The Balaban J connectivity index is 1.69. The number of piperidine rings is 1. The van der Waals surface area contributed by atoms with Crippen molar-refractivity contribution in [2.45, 2.75) is 38.6 Å². The summed E-state index contributed by atoms with van der Waals surface area (Å²) < 4.78 is 0. The van der Waals surface area contributed by atoms with E-state index in [0.29, 0.717) is 27.3 Å². The van der Waals surface area contributed by atoms with E-state index in [1.54, 1.807) is 24.4 Å². The van der Waals surface area contributed by atoms with Crippen LogP contribution in [0.15, 0.2) is 36.5 Å². The van der Waals surface area contributed by atoms with Crippen molar-refractivity contribution in [3.05, 3.63) is 52.1 Å². The second-order valence-corrected chi connectivity index (χ2v) is 7.05. The number of aromatic nitrogens is 1. The van der Waals surface area contributed by atoms with Crippen molar-refractivity contribution in [3.8, 4) is 0 Å². The quantitative estimate of drug-likeness (QED) is 0.774. The molecule has 0 aliphatic carbocycles. The van der Waals surface area contributed by atoms with Crippen LogP contribution in [-0.2, 0) is 0 Å². The lowest BCUT2D eigenvalue weighted by atomic mass is 10.00. The highest BCUT2D eigenvalue weighted by Crippen LogP contribution is 2.26. The van der Waals surface area contributed by atoms with Gasteiger partial charge >= 0.3 is 0 Å². The minimum absolute atomic E-state index is 0.238. The first kappa shape index (κ1) is 18.0. The number of carbonyl (C=O) groups is 1. The average molecular weight is 378 g/mol. The van der Waals surface area contributed by atoms with Gasteiger partial charge in [-0.05, 0) is 56.0 Å². The van der Waals surface area contributed by atoms with Crippen LogP contribution in [0.3, 0.4) is 0 Å². The van der Waals surface area contributed by atoms with E-state index in [4.69, 9.17) is 23.2 Å². The molecule has 1 unspecified atom stereocenters. The molecule has 0 saturated carbocycles. The molecule has 25 heavy (non-hydrogen) atoms. The van der Waals surface area contributed by atoms with Crippen LogP contribution in [0.1, 0.15) is 43.0 Å². The Morgan fingerprint density at radius 2 is 2.08 bits per heavy atom. The minimum atomic E-state index is -0.238. The zero-order chi connectivity index (χ0) is 17.8. The molecule has 1 atom stereocenters. The molecule has 0 spiro atoms. The molecule has 1 fully saturated rings. The van der Waals surface area contributed by atoms with Crippen LogP contribution in [0, 0.1) is 0 Å². The molecular weight excluding hydrogens is 357 g/mol. The van der Waals surface area contributed by atoms with Crippen LogP contribution in [0.2, 0.25) is 10.0 Å². The van der Waals surface area contributed by atoms with Crippen LogP contribution in [0.25, 0.3) is 0 Å². The predicted molar refractivity (Wildman–Crippen MR) is 104 cm³/mol. The molecule has 4 nitrogen and oxygen atoms in total. The number of hydrogen-bond donors (Lipinski definition) is 1. The normalized spacial score (nSPS) is 17.4. The number of pyridine rings is 1. The van der Waals surface area contributed by atoms with E-state index in [0.717, 1.165) is 18.8 Å². The zero-order valence-corrected chi connectivity index (χ0v) is 15.6. The number of halogens is 2. The van der Waals surface area contributed by atoms with Crippen LogP contribution in [0.4, 0.5) is 11.5 Å². The van der Waals surface area contributed by atoms with Gasteiger partial charge in [-0.15, -0.1) is 0 Å². The number of anilines is 2. The summed E-state index contributed by atoms with van der Waals surface area (Å²) in [5.74, 6) is 0.733. The molecule has 6 heteroatoms. The number of benzene rings is 1. The first-order chi connectivity index (χ1) is 12.1. The number of carbonyl (C=O) groups excluding carboxylic acids is 1. The molecule has 1 amide bonds. The van der Waals surface area contributed by atoms with Gasteiger partial charge in [0.15, 0.2) is 0 Å². The van der Waals surface area contributed by atoms with E-state index in [1.165, 1.54) is 19.3 Å². The Labute approximate surface area is 158 Å². The predicted octanol–water partition coefficient (Wildman–Crippen LogP) is 5.41. The Kier molecular flexibility index (Phi) is 5.82. The molecule has 1 aromatic carbocycles. The average Bonchev–Trinajstić information content (AvgIpc) is 2.64. The highest BCUT2D eigenvalue weighted by molar-refractivity contribution is 6.42. The van der Waals surface area contributed by atoms with Gasteiger partial charge in [-0.25, -0.2) is 4.98 Å². The largest absolute Gasteiger partial charge is 0.354 e. The highest BCUT2D eigenvalue weighted by Gasteiger charge is 2.21. The van der Waals surface area contributed by atoms with Gasteiger partial charge in [0.05, 0.1) is 21.9 Å². The summed E-state index contributed by atoms with van der Waals surface area (Å²) >= 11 is 11.8. The summed E-state index contributed by atoms with van der Waals surface area (Å²) in [5.41, 5.74) is 1.12. The maximum Gasteiger partial charge on any atom is 0.255 e.